The molecule has 15 aromatic rings. The number of carboxylic acids is 1. The molecular weight excluding hydrogens is 1460 g/mol. The van der Waals surface area contributed by atoms with Crippen LogP contribution in [0.3, 0.4) is 0 Å². The maximum absolute atomic E-state index is 13.7. The predicted molar refractivity (Wildman–Crippen MR) is 394 cm³/mol. The zero-order valence-electron chi connectivity index (χ0n) is 50.9. The molecule has 0 saturated carbocycles. The van der Waals surface area contributed by atoms with Crippen molar-refractivity contribution in [1.82, 2.24) is 58.0 Å². The van der Waals surface area contributed by atoms with E-state index in [1.165, 1.54) is 49.1 Å². The van der Waals surface area contributed by atoms with E-state index < -0.39 is 5.97 Å². The molecule has 3 N–H and O–H groups in total. The molecule has 0 aliphatic heterocycles. The van der Waals surface area contributed by atoms with Crippen molar-refractivity contribution < 1.29 is 20.1 Å². The quantitative estimate of drug-likeness (QED) is 0.103. The molecule has 6 heterocycles. The molecule has 15 rings (SSSR count). The number of rotatable bonds is 12. The molecule has 0 spiro atoms. The summed E-state index contributed by atoms with van der Waals surface area (Å²) in [5.74, 6) is -0.0821. The summed E-state index contributed by atoms with van der Waals surface area (Å²) >= 11 is 56.0. The predicted octanol–water partition coefficient (Wildman–Crippen LogP) is 17.3. The molecule has 28 heteroatoms. The molecule has 496 valence electrons. The Morgan fingerprint density at radius 2 is 0.580 bits per heavy atom. The smallest absolute Gasteiger partial charge is 0.335 e. The molecule has 0 aliphatic rings. The molecule has 100 heavy (non-hydrogen) atoms. The second-order valence-corrected chi connectivity index (χ2v) is 25.8. The summed E-state index contributed by atoms with van der Waals surface area (Å²) in [5.41, 5.74) is 6.97. The molecule has 9 aromatic carbocycles. The number of aliphatic hydroxyl groups excluding tert-OH is 2. The average Bonchev–Trinajstić information content (AvgIpc) is 1.48. The third kappa shape index (κ3) is 13.8. The number of fused-ring (bicyclic) bond motifs is 3. The van der Waals surface area contributed by atoms with Crippen molar-refractivity contribution in [3.05, 3.63) is 312 Å². The van der Waals surface area contributed by atoms with E-state index in [2.05, 4.69) is 15.3 Å². The Kier molecular flexibility index (Phi) is 19.9. The molecule has 0 radical (unpaired) electrons. The number of carbonyl (C=O) groups is 1. The number of aromatic nitrogens is 12. The number of nitrogens with zero attached hydrogens (tertiary/aromatic N) is 12. The highest BCUT2D eigenvalue weighted by Crippen LogP contribution is 2.36. The zero-order valence-corrected chi connectivity index (χ0v) is 57.7. The minimum atomic E-state index is -1.04. The first-order chi connectivity index (χ1) is 48.2. The first-order valence-electron chi connectivity index (χ1n) is 29.7. The van der Waals surface area contributed by atoms with E-state index in [0.29, 0.717) is 135 Å². The van der Waals surface area contributed by atoms with Gasteiger partial charge in [0.2, 0.25) is 0 Å². The van der Waals surface area contributed by atoms with E-state index in [9.17, 15) is 29.4 Å². The molecule has 0 atom stereocenters. The Bertz CT molecular complexity index is 5610. The van der Waals surface area contributed by atoms with E-state index in [0.717, 1.165) is 11.1 Å². The van der Waals surface area contributed by atoms with Crippen molar-refractivity contribution in [2.75, 3.05) is 0 Å². The first-order valence-corrected chi connectivity index (χ1v) is 33.1. The van der Waals surface area contributed by atoms with Crippen molar-refractivity contribution in [2.24, 2.45) is 0 Å². The van der Waals surface area contributed by atoms with Crippen LogP contribution in [0.15, 0.2) is 233 Å². The van der Waals surface area contributed by atoms with Crippen LogP contribution in [0.5, 0.6) is 0 Å². The Morgan fingerprint density at radius 1 is 0.330 bits per heavy atom. The van der Waals surface area contributed by atoms with Gasteiger partial charge in [0.15, 0.2) is 34.4 Å². The maximum atomic E-state index is 13.7. The standard InChI is InChI=1S/C24H13Cl3N4O3.2C24H15Cl3N4O2/c25-14-3-8-16(9-4-14)30-21(18-10-5-15(26)11-20(18)27)29-22-19(23(30)32)12-28-31(22)17-6-1-13(2-7-17)24(33)34;2*25-15-3-8-17(9-4-15)30-22(19-10-5-16(26)11-21(19)27)29-23-20(24(30)33)12-28-31(23)18-6-1-14(13-32)2-7-18/h1-12H,(H,33,34);2*1-12,32H,13H2. The fourth-order valence-electron chi connectivity index (χ4n) is 10.7. The van der Waals surface area contributed by atoms with Gasteiger partial charge in [-0.1, -0.05) is 129 Å². The van der Waals surface area contributed by atoms with Crippen LogP contribution < -0.4 is 16.7 Å². The molecule has 6 aromatic heterocycles. The molecule has 0 aliphatic carbocycles. The first kappa shape index (κ1) is 68.5. The Labute approximate surface area is 610 Å². The van der Waals surface area contributed by atoms with Crippen LogP contribution in [0.25, 0.3) is 101 Å². The number of aliphatic hydroxyl groups is 2. The van der Waals surface area contributed by atoms with Crippen LogP contribution in [0.2, 0.25) is 45.2 Å². The lowest BCUT2D eigenvalue weighted by molar-refractivity contribution is 0.0696. The molecule has 0 fully saturated rings. The number of halogens is 9. The van der Waals surface area contributed by atoms with Gasteiger partial charge in [0, 0.05) is 46.8 Å². The lowest BCUT2D eigenvalue weighted by Gasteiger charge is -2.14. The van der Waals surface area contributed by atoms with Gasteiger partial charge in [-0.15, -0.1) is 0 Å². The number of aromatic carboxylic acids is 1. The lowest BCUT2D eigenvalue weighted by atomic mass is 10.2. The monoisotopic (exact) mass is 1500 g/mol. The zero-order chi connectivity index (χ0) is 70.2. The summed E-state index contributed by atoms with van der Waals surface area (Å²) in [5, 5.41) is 45.9. The van der Waals surface area contributed by atoms with Crippen molar-refractivity contribution in [2.45, 2.75) is 13.2 Å². The van der Waals surface area contributed by atoms with Crippen LogP contribution in [-0.2, 0) is 13.2 Å². The summed E-state index contributed by atoms with van der Waals surface area (Å²) in [6.07, 6.45) is 4.41. The van der Waals surface area contributed by atoms with Crippen LogP contribution in [0.1, 0.15) is 21.5 Å². The van der Waals surface area contributed by atoms with Crippen molar-refractivity contribution in [3.8, 4) is 68.3 Å². The highest BCUT2D eigenvalue weighted by atomic mass is 35.5. The number of benzene rings is 9. The van der Waals surface area contributed by atoms with Gasteiger partial charge in [0.05, 0.1) is 86.6 Å². The van der Waals surface area contributed by atoms with Crippen LogP contribution >= 0.6 is 104 Å². The molecule has 0 unspecified atom stereocenters. The van der Waals surface area contributed by atoms with Crippen LogP contribution in [0, 0.1) is 0 Å². The van der Waals surface area contributed by atoms with E-state index in [1.807, 2.05) is 0 Å². The lowest BCUT2D eigenvalue weighted by Crippen LogP contribution is -2.22. The van der Waals surface area contributed by atoms with E-state index >= 15 is 0 Å². The highest BCUT2D eigenvalue weighted by Gasteiger charge is 2.25. The topological polar surface area (TPSA) is 236 Å². The van der Waals surface area contributed by atoms with Gasteiger partial charge in [-0.05, 0) is 187 Å². The van der Waals surface area contributed by atoms with E-state index in [1.54, 1.807) is 197 Å². The third-order valence-corrected chi connectivity index (χ3v) is 18.1. The van der Waals surface area contributed by atoms with Gasteiger partial charge < -0.3 is 15.3 Å². The van der Waals surface area contributed by atoms with Gasteiger partial charge in [-0.2, -0.15) is 15.3 Å². The minimum Gasteiger partial charge on any atom is -0.478 e. The van der Waals surface area contributed by atoms with Gasteiger partial charge >= 0.3 is 5.97 Å². The maximum Gasteiger partial charge on any atom is 0.335 e. The van der Waals surface area contributed by atoms with E-state index in [4.69, 9.17) is 124 Å². The number of hydrogen-bond donors (Lipinski definition) is 3. The van der Waals surface area contributed by atoms with Gasteiger partial charge in [0.25, 0.3) is 16.7 Å². The summed E-state index contributed by atoms with van der Waals surface area (Å²) in [7, 11) is 0. The Hall–Kier alpha value is -9.97. The van der Waals surface area contributed by atoms with Crippen molar-refractivity contribution >= 4 is 143 Å². The third-order valence-electron chi connectivity index (χ3n) is 15.7. The second-order valence-electron chi connectivity index (χ2n) is 21.9. The summed E-state index contributed by atoms with van der Waals surface area (Å²) in [4.78, 5) is 66.6. The number of carboxylic acid groups (broad SMARTS) is 1. The van der Waals surface area contributed by atoms with E-state index in [-0.39, 0.29) is 46.7 Å². The average molecular weight is 1510 g/mol. The van der Waals surface area contributed by atoms with Gasteiger partial charge in [-0.3, -0.25) is 28.1 Å². The van der Waals surface area contributed by atoms with Gasteiger partial charge in [-0.25, -0.2) is 33.8 Å². The molecular formula is C72H43Cl9N12O7. The summed E-state index contributed by atoms with van der Waals surface area (Å²) in [6.45, 7) is -0.132. The van der Waals surface area contributed by atoms with Crippen LogP contribution in [0.4, 0.5) is 0 Å². The van der Waals surface area contributed by atoms with Crippen molar-refractivity contribution in [1.29, 1.82) is 0 Å². The molecule has 19 nitrogen and oxygen atoms in total. The van der Waals surface area contributed by atoms with Crippen molar-refractivity contribution in [3.63, 3.8) is 0 Å². The highest BCUT2D eigenvalue weighted by molar-refractivity contribution is 6.38. The molecule has 0 saturated heterocycles. The van der Waals surface area contributed by atoms with Gasteiger partial charge in [0.1, 0.15) is 16.2 Å². The normalized spacial score (nSPS) is 11.2. The SMILES string of the molecule is O=C(O)c1ccc(-n2ncc3c(=O)n(-c4ccc(Cl)cc4)c(-c4ccc(Cl)cc4Cl)nc32)cc1.O=c1c2cnn(-c3ccc(CO)cc3)c2nc(-c2ccc(Cl)cc2Cl)n1-c1ccc(Cl)cc1.O=c1c2cnn(-c3ccc(CO)cc3)c2nc(-c2ccc(Cl)cc2Cl)n1-c1ccc(Cl)cc1. The minimum absolute atomic E-state index is 0.0661. The summed E-state index contributed by atoms with van der Waals surface area (Å²) in [6, 6.07) is 55.9. The molecule has 0 amide bonds. The van der Waals surface area contributed by atoms with Crippen LogP contribution in [-0.4, -0.2) is 79.3 Å². The number of hydrogen-bond acceptors (Lipinski definition) is 12. The fourth-order valence-corrected chi connectivity index (χ4v) is 12.6. The summed E-state index contributed by atoms with van der Waals surface area (Å²) < 4.78 is 9.04. The second kappa shape index (κ2) is 29.1. The largest absolute Gasteiger partial charge is 0.478 e. The Balaban J connectivity index is 0.000000134. The molecule has 0 bridgehead atoms. The fraction of sp³-hybridized carbons (Fsp3) is 0.0278. The Morgan fingerprint density at radius 3 is 0.830 bits per heavy atom.